The lowest BCUT2D eigenvalue weighted by molar-refractivity contribution is -0.384. The summed E-state index contributed by atoms with van der Waals surface area (Å²) in [5.41, 5.74) is 13.4. The summed E-state index contributed by atoms with van der Waals surface area (Å²) in [6.07, 6.45) is 1.74. The number of fused-ring (bicyclic) bond motifs is 2. The molecule has 0 unspecified atom stereocenters. The average molecular weight is 408 g/mol. The number of carbonyl (C=O) groups excluding carboxylic acids is 1. The van der Waals surface area contributed by atoms with E-state index in [9.17, 15) is 14.9 Å². The highest BCUT2D eigenvalue weighted by atomic mass is 16.7. The maximum absolute atomic E-state index is 12.5. The Labute approximate surface area is 170 Å². The van der Waals surface area contributed by atoms with Gasteiger partial charge in [0, 0.05) is 29.0 Å². The van der Waals surface area contributed by atoms with Gasteiger partial charge in [0.1, 0.15) is 0 Å². The van der Waals surface area contributed by atoms with Gasteiger partial charge in [0.15, 0.2) is 17.5 Å². The van der Waals surface area contributed by atoms with Gasteiger partial charge in [-0.15, -0.1) is 0 Å². The van der Waals surface area contributed by atoms with Crippen LogP contribution < -0.4 is 20.9 Å². The third-order valence-corrected chi connectivity index (χ3v) is 4.46. The fourth-order valence-electron chi connectivity index (χ4n) is 3.11. The summed E-state index contributed by atoms with van der Waals surface area (Å²) in [6, 6.07) is 8.56. The lowest BCUT2D eigenvalue weighted by Gasteiger charge is -2.15. The molecule has 2 amide bonds. The second-order valence-electron chi connectivity index (χ2n) is 6.46. The predicted octanol–water partition coefficient (Wildman–Crippen LogP) is 2.15. The zero-order valence-electron chi connectivity index (χ0n) is 15.7. The molecule has 0 bridgehead atoms. The number of benzene rings is 2. The fraction of sp³-hybridized carbons (Fsp3) is 0.105. The van der Waals surface area contributed by atoms with E-state index in [1.165, 1.54) is 12.1 Å². The second kappa shape index (κ2) is 7.20. The molecule has 152 valence electrons. The number of ether oxygens (including phenoxy) is 2. The van der Waals surface area contributed by atoms with E-state index in [1.54, 1.807) is 37.3 Å². The van der Waals surface area contributed by atoms with Crippen molar-refractivity contribution >= 4 is 29.5 Å². The number of nitrogens with zero attached hydrogens (tertiary/aromatic N) is 4. The van der Waals surface area contributed by atoms with Crippen LogP contribution >= 0.6 is 0 Å². The second-order valence-corrected chi connectivity index (χ2v) is 6.46. The van der Waals surface area contributed by atoms with Gasteiger partial charge in [0.25, 0.3) is 5.69 Å². The molecule has 2 aromatic rings. The van der Waals surface area contributed by atoms with E-state index >= 15 is 0 Å². The summed E-state index contributed by atoms with van der Waals surface area (Å²) < 4.78 is 10.9. The van der Waals surface area contributed by atoms with Crippen LogP contribution in [0.1, 0.15) is 23.6 Å². The maximum Gasteiger partial charge on any atom is 0.371 e. The SMILES string of the molecule is CC1=Cc2cc3c(cc2C(c2ccc([N+](=O)[O-])cc2)=NN1C(=O)N=C(N)N)OCO3. The normalized spacial score (nSPS) is 14.2. The predicted molar refractivity (Wildman–Crippen MR) is 108 cm³/mol. The summed E-state index contributed by atoms with van der Waals surface area (Å²) in [4.78, 5) is 26.6. The van der Waals surface area contributed by atoms with Crippen molar-refractivity contribution in [2.45, 2.75) is 6.92 Å². The van der Waals surface area contributed by atoms with Gasteiger partial charge < -0.3 is 20.9 Å². The lowest BCUT2D eigenvalue weighted by Crippen LogP contribution is -2.29. The summed E-state index contributed by atoms with van der Waals surface area (Å²) in [6.45, 7) is 1.77. The molecular weight excluding hydrogens is 392 g/mol. The van der Waals surface area contributed by atoms with Crippen molar-refractivity contribution in [2.75, 3.05) is 6.79 Å². The Kier molecular flexibility index (Phi) is 4.54. The minimum atomic E-state index is -0.781. The van der Waals surface area contributed by atoms with Crippen LogP contribution in [-0.2, 0) is 0 Å². The van der Waals surface area contributed by atoms with Gasteiger partial charge in [-0.25, -0.2) is 4.79 Å². The first-order valence-electron chi connectivity index (χ1n) is 8.73. The van der Waals surface area contributed by atoms with E-state index < -0.39 is 16.9 Å². The van der Waals surface area contributed by atoms with Crippen LogP contribution in [0, 0.1) is 10.1 Å². The Hall–Kier alpha value is -4.41. The Morgan fingerprint density at radius 2 is 1.87 bits per heavy atom. The quantitative estimate of drug-likeness (QED) is 0.333. The molecule has 0 atom stereocenters. The molecule has 2 aliphatic rings. The molecule has 0 saturated carbocycles. The Balaban J connectivity index is 1.91. The third-order valence-electron chi connectivity index (χ3n) is 4.46. The number of non-ortho nitro benzene ring substituents is 1. The first-order valence-corrected chi connectivity index (χ1v) is 8.73. The van der Waals surface area contributed by atoms with E-state index in [2.05, 4.69) is 10.1 Å². The van der Waals surface area contributed by atoms with Gasteiger partial charge in [-0.1, -0.05) is 0 Å². The zero-order chi connectivity index (χ0) is 21.4. The van der Waals surface area contributed by atoms with Crippen molar-refractivity contribution in [3.05, 3.63) is 68.9 Å². The van der Waals surface area contributed by atoms with Crippen molar-refractivity contribution < 1.29 is 19.2 Å². The van der Waals surface area contributed by atoms with E-state index in [4.69, 9.17) is 20.9 Å². The molecule has 0 saturated heterocycles. The third kappa shape index (κ3) is 3.39. The number of rotatable bonds is 2. The lowest BCUT2D eigenvalue weighted by atomic mass is 9.96. The first-order chi connectivity index (χ1) is 14.3. The number of nitro groups is 1. The molecular formula is C19H16N6O5. The number of amides is 2. The van der Waals surface area contributed by atoms with Crippen LogP contribution in [0.25, 0.3) is 6.08 Å². The highest BCUT2D eigenvalue weighted by Crippen LogP contribution is 2.38. The molecule has 4 N–H and O–H groups in total. The van der Waals surface area contributed by atoms with Crippen LogP contribution in [0.5, 0.6) is 11.5 Å². The standard InChI is InChI=1S/C19H16N6O5/c1-10-6-12-7-15-16(30-9-29-15)8-14(12)17(23-24(10)19(26)22-18(20)21)11-2-4-13(5-3-11)25(27)28/h2-8H,9H2,1H3,(H4,20,21,22,26). The number of hydrogen-bond acceptors (Lipinski definition) is 6. The van der Waals surface area contributed by atoms with Gasteiger partial charge >= 0.3 is 6.03 Å². The summed E-state index contributed by atoms with van der Waals surface area (Å²) in [7, 11) is 0. The number of hydrazone groups is 1. The van der Waals surface area contributed by atoms with Crippen LogP contribution in [-0.4, -0.2) is 34.4 Å². The van der Waals surface area contributed by atoms with Gasteiger partial charge in [0.05, 0.1) is 10.6 Å². The number of nitrogens with two attached hydrogens (primary N) is 2. The van der Waals surface area contributed by atoms with Crippen LogP contribution in [0.3, 0.4) is 0 Å². The highest BCUT2D eigenvalue weighted by molar-refractivity contribution is 6.16. The molecule has 11 heteroatoms. The Bertz CT molecular complexity index is 1150. The van der Waals surface area contributed by atoms with Crippen LogP contribution in [0.2, 0.25) is 0 Å². The molecule has 4 rings (SSSR count). The Morgan fingerprint density at radius 1 is 1.20 bits per heavy atom. The topological polar surface area (TPSA) is 159 Å². The number of urea groups is 1. The van der Waals surface area contributed by atoms with Crippen LogP contribution in [0.15, 0.2) is 52.2 Å². The van der Waals surface area contributed by atoms with Crippen molar-refractivity contribution in [2.24, 2.45) is 21.6 Å². The molecule has 2 aliphatic heterocycles. The number of carbonyl (C=O) groups is 1. The van der Waals surface area contributed by atoms with Gasteiger partial charge in [-0.05, 0) is 42.8 Å². The minimum absolute atomic E-state index is 0.0679. The molecule has 0 aliphatic carbocycles. The molecule has 2 aromatic carbocycles. The zero-order valence-corrected chi connectivity index (χ0v) is 15.7. The van der Waals surface area contributed by atoms with Crippen LogP contribution in [0.4, 0.5) is 10.5 Å². The number of allylic oxidation sites excluding steroid dienone is 1. The van der Waals surface area contributed by atoms with E-state index in [-0.39, 0.29) is 12.5 Å². The molecule has 0 aromatic heterocycles. The van der Waals surface area contributed by atoms with Crippen molar-refractivity contribution in [1.29, 1.82) is 0 Å². The summed E-state index contributed by atoms with van der Waals surface area (Å²) in [5.74, 6) is 0.686. The van der Waals surface area contributed by atoms with Crippen molar-refractivity contribution in [3.8, 4) is 11.5 Å². The largest absolute Gasteiger partial charge is 0.454 e. The number of nitro benzene ring substituents is 1. The number of hydrogen-bond donors (Lipinski definition) is 2. The molecule has 11 nitrogen and oxygen atoms in total. The average Bonchev–Trinajstić information content (AvgIpc) is 3.09. The first kappa shape index (κ1) is 18.9. The monoisotopic (exact) mass is 408 g/mol. The van der Waals surface area contributed by atoms with E-state index in [0.717, 1.165) is 5.01 Å². The fourth-order valence-corrected chi connectivity index (χ4v) is 3.11. The smallest absolute Gasteiger partial charge is 0.371 e. The highest BCUT2D eigenvalue weighted by Gasteiger charge is 2.26. The molecule has 0 radical (unpaired) electrons. The minimum Gasteiger partial charge on any atom is -0.454 e. The van der Waals surface area contributed by atoms with E-state index in [0.29, 0.717) is 39.6 Å². The number of aliphatic imine (C=N–C) groups is 1. The van der Waals surface area contributed by atoms with E-state index in [1.807, 2.05) is 0 Å². The summed E-state index contributed by atoms with van der Waals surface area (Å²) >= 11 is 0. The van der Waals surface area contributed by atoms with Crippen molar-refractivity contribution in [3.63, 3.8) is 0 Å². The van der Waals surface area contributed by atoms with Crippen molar-refractivity contribution in [1.82, 2.24) is 5.01 Å². The summed E-state index contributed by atoms with van der Waals surface area (Å²) in [5, 5.41) is 16.5. The molecule has 30 heavy (non-hydrogen) atoms. The molecule has 0 fully saturated rings. The van der Waals surface area contributed by atoms with Gasteiger partial charge in [-0.3, -0.25) is 10.1 Å². The van der Waals surface area contributed by atoms with Gasteiger partial charge in [-0.2, -0.15) is 15.1 Å². The molecule has 0 spiro atoms. The number of guanidine groups is 1. The Morgan fingerprint density at radius 3 is 2.50 bits per heavy atom. The molecule has 2 heterocycles. The maximum atomic E-state index is 12.5. The van der Waals surface area contributed by atoms with Gasteiger partial charge in [0.2, 0.25) is 6.79 Å².